The zero-order valence-corrected chi connectivity index (χ0v) is 25.3. The topological polar surface area (TPSA) is 126 Å². The fraction of sp³-hybridized carbons (Fsp3) is 0.250. The summed E-state index contributed by atoms with van der Waals surface area (Å²) < 4.78 is 79.3. The summed E-state index contributed by atoms with van der Waals surface area (Å²) in [6.07, 6.45) is 2.45. The maximum atomic E-state index is 15.7. The van der Waals surface area contributed by atoms with Gasteiger partial charge in [-0.15, -0.1) is 0 Å². The highest BCUT2D eigenvalue weighted by Crippen LogP contribution is 2.40. The first-order valence-corrected chi connectivity index (χ1v) is 16.0. The van der Waals surface area contributed by atoms with E-state index < -0.39 is 51.0 Å². The Morgan fingerprint density at radius 3 is 2.67 bits per heavy atom. The fourth-order valence-electron chi connectivity index (χ4n) is 5.82. The number of aliphatic carboxylic acids is 1. The molecule has 9 nitrogen and oxygen atoms in total. The highest BCUT2D eigenvalue weighted by molar-refractivity contribution is 7.91. The maximum Gasteiger partial charge on any atom is 0.306 e. The van der Waals surface area contributed by atoms with E-state index >= 15 is 13.2 Å². The van der Waals surface area contributed by atoms with E-state index in [-0.39, 0.29) is 50.4 Å². The SMILES string of the molecule is Cc1c(-c2cc(Oc3c(F)cc4[nH]ccc4c3S(C)(=O)=O)ccc2F)nc2n1CCNC2c1cccc(CC(C)C(=O)O)c1F. The van der Waals surface area contributed by atoms with Crippen LogP contribution in [0.5, 0.6) is 11.5 Å². The first-order chi connectivity index (χ1) is 21.3. The molecule has 0 fully saturated rings. The van der Waals surface area contributed by atoms with E-state index in [2.05, 4.69) is 10.3 Å². The van der Waals surface area contributed by atoms with Crippen LogP contribution < -0.4 is 10.1 Å². The highest BCUT2D eigenvalue weighted by Gasteiger charge is 2.31. The Labute approximate surface area is 256 Å². The monoisotopic (exact) mass is 638 g/mol. The number of aromatic amines is 1. The molecule has 0 saturated heterocycles. The molecule has 0 amide bonds. The first kappa shape index (κ1) is 30.4. The summed E-state index contributed by atoms with van der Waals surface area (Å²) in [5, 5.41) is 12.8. The van der Waals surface area contributed by atoms with Crippen LogP contribution in [0.25, 0.3) is 22.2 Å². The van der Waals surface area contributed by atoms with Crippen LogP contribution in [0.15, 0.2) is 59.6 Å². The number of hydrogen-bond donors (Lipinski definition) is 3. The summed E-state index contributed by atoms with van der Waals surface area (Å²) in [7, 11) is -3.94. The lowest BCUT2D eigenvalue weighted by atomic mass is 9.95. The molecule has 3 aromatic carbocycles. The number of carbonyl (C=O) groups is 1. The number of fused-ring (bicyclic) bond motifs is 2. The van der Waals surface area contributed by atoms with Crippen LogP contribution in [-0.2, 0) is 27.6 Å². The van der Waals surface area contributed by atoms with E-state index in [0.29, 0.717) is 24.6 Å². The molecule has 5 aromatic rings. The molecule has 0 spiro atoms. The number of ether oxygens (including phenoxy) is 1. The first-order valence-electron chi connectivity index (χ1n) is 14.1. The van der Waals surface area contributed by atoms with E-state index in [1.165, 1.54) is 31.3 Å². The van der Waals surface area contributed by atoms with Crippen molar-refractivity contribution in [2.75, 3.05) is 12.8 Å². The molecule has 2 unspecified atom stereocenters. The molecule has 2 aromatic heterocycles. The number of nitrogens with one attached hydrogen (secondary N) is 2. The average Bonchev–Trinajstić information content (AvgIpc) is 3.58. The molecule has 0 saturated carbocycles. The molecule has 1 aliphatic heterocycles. The molecular weight excluding hydrogens is 609 g/mol. The van der Waals surface area contributed by atoms with Gasteiger partial charge in [-0.1, -0.05) is 25.1 Å². The summed E-state index contributed by atoms with van der Waals surface area (Å²) >= 11 is 0. The number of rotatable bonds is 8. The number of hydrogen-bond acceptors (Lipinski definition) is 6. The van der Waals surface area contributed by atoms with Gasteiger partial charge in [0.2, 0.25) is 0 Å². The summed E-state index contributed by atoms with van der Waals surface area (Å²) in [5.74, 6) is -4.01. The Balaban J connectivity index is 1.40. The van der Waals surface area contributed by atoms with Gasteiger partial charge in [-0.3, -0.25) is 4.79 Å². The van der Waals surface area contributed by atoms with Crippen molar-refractivity contribution in [1.29, 1.82) is 0 Å². The molecule has 6 rings (SSSR count). The van der Waals surface area contributed by atoms with Crippen LogP contribution in [0.4, 0.5) is 13.2 Å². The van der Waals surface area contributed by atoms with Gasteiger partial charge in [-0.05, 0) is 43.2 Å². The predicted molar refractivity (Wildman–Crippen MR) is 161 cm³/mol. The number of sulfone groups is 1. The molecule has 0 bridgehead atoms. The van der Waals surface area contributed by atoms with Gasteiger partial charge in [-0.2, -0.15) is 0 Å². The average molecular weight is 639 g/mol. The van der Waals surface area contributed by atoms with Gasteiger partial charge in [0.15, 0.2) is 21.4 Å². The number of benzene rings is 3. The zero-order chi connectivity index (χ0) is 32.2. The third-order valence-electron chi connectivity index (χ3n) is 8.06. The van der Waals surface area contributed by atoms with Crippen LogP contribution in [0.2, 0.25) is 0 Å². The van der Waals surface area contributed by atoms with Crippen molar-refractivity contribution in [3.05, 3.63) is 94.8 Å². The predicted octanol–water partition coefficient (Wildman–Crippen LogP) is 5.91. The van der Waals surface area contributed by atoms with Crippen LogP contribution in [0, 0.1) is 30.3 Å². The van der Waals surface area contributed by atoms with E-state index in [4.69, 9.17) is 9.72 Å². The van der Waals surface area contributed by atoms with Crippen molar-refractivity contribution in [2.45, 2.75) is 37.8 Å². The fourth-order valence-corrected chi connectivity index (χ4v) is 6.88. The van der Waals surface area contributed by atoms with Gasteiger partial charge >= 0.3 is 5.97 Å². The second-order valence-electron chi connectivity index (χ2n) is 11.2. The van der Waals surface area contributed by atoms with Crippen molar-refractivity contribution in [2.24, 2.45) is 5.92 Å². The third-order valence-corrected chi connectivity index (χ3v) is 9.21. The molecule has 1 aliphatic rings. The molecule has 234 valence electrons. The van der Waals surface area contributed by atoms with Crippen molar-refractivity contribution in [3.63, 3.8) is 0 Å². The van der Waals surface area contributed by atoms with Gasteiger partial charge in [-0.25, -0.2) is 26.6 Å². The van der Waals surface area contributed by atoms with Crippen molar-refractivity contribution in [3.8, 4) is 22.8 Å². The van der Waals surface area contributed by atoms with E-state index in [0.717, 1.165) is 18.4 Å². The Morgan fingerprint density at radius 2 is 1.93 bits per heavy atom. The Morgan fingerprint density at radius 1 is 1.16 bits per heavy atom. The number of halogens is 3. The molecule has 0 radical (unpaired) electrons. The zero-order valence-electron chi connectivity index (χ0n) is 24.5. The van der Waals surface area contributed by atoms with E-state index in [9.17, 15) is 18.3 Å². The number of carboxylic acids is 1. The maximum absolute atomic E-state index is 15.7. The summed E-state index contributed by atoms with van der Waals surface area (Å²) in [6, 6.07) is 10.5. The minimum absolute atomic E-state index is 0.0110. The smallest absolute Gasteiger partial charge is 0.306 e. The lowest BCUT2D eigenvalue weighted by molar-refractivity contribution is -0.141. The Hall–Kier alpha value is -4.62. The summed E-state index contributed by atoms with van der Waals surface area (Å²) in [5.41, 5.74) is 1.70. The van der Waals surface area contributed by atoms with Crippen molar-refractivity contribution >= 4 is 26.7 Å². The molecule has 45 heavy (non-hydrogen) atoms. The van der Waals surface area contributed by atoms with Crippen molar-refractivity contribution in [1.82, 2.24) is 19.9 Å². The van der Waals surface area contributed by atoms with Gasteiger partial charge in [0.05, 0.1) is 17.7 Å². The van der Waals surface area contributed by atoms with Crippen LogP contribution in [0.3, 0.4) is 0 Å². The molecule has 13 heteroatoms. The van der Waals surface area contributed by atoms with Crippen molar-refractivity contribution < 1.29 is 36.2 Å². The number of carboxylic acid groups (broad SMARTS) is 1. The summed E-state index contributed by atoms with van der Waals surface area (Å²) in [6.45, 7) is 4.20. The van der Waals surface area contributed by atoms with Gasteiger partial charge in [0.25, 0.3) is 0 Å². The third kappa shape index (κ3) is 5.46. The van der Waals surface area contributed by atoms with Crippen LogP contribution in [0.1, 0.15) is 35.6 Å². The quantitative estimate of drug-likeness (QED) is 0.193. The Kier molecular flexibility index (Phi) is 7.69. The van der Waals surface area contributed by atoms with E-state index in [1.54, 1.807) is 25.1 Å². The molecule has 3 heterocycles. The second kappa shape index (κ2) is 11.4. The highest BCUT2D eigenvalue weighted by atomic mass is 32.2. The normalized spacial score (nSPS) is 15.6. The number of nitrogens with zero attached hydrogens (tertiary/aromatic N) is 2. The van der Waals surface area contributed by atoms with E-state index in [1.807, 2.05) is 4.57 Å². The summed E-state index contributed by atoms with van der Waals surface area (Å²) in [4.78, 5) is 18.6. The Bertz CT molecular complexity index is 2090. The van der Waals surface area contributed by atoms with Gasteiger partial charge in [0.1, 0.15) is 28.1 Å². The minimum Gasteiger partial charge on any atom is -0.481 e. The lowest BCUT2D eigenvalue weighted by Crippen LogP contribution is -2.35. The minimum atomic E-state index is -3.94. The molecule has 3 N–H and O–H groups in total. The molecule has 2 atom stereocenters. The number of H-pyrrole nitrogens is 1. The number of imidazole rings is 1. The van der Waals surface area contributed by atoms with Gasteiger partial charge in [0, 0.05) is 59.3 Å². The molecule has 0 aliphatic carbocycles. The largest absolute Gasteiger partial charge is 0.481 e. The van der Waals surface area contributed by atoms with Crippen LogP contribution in [-0.4, -0.2) is 46.8 Å². The number of aromatic nitrogens is 3. The molecular formula is C32H29F3N4O5S. The second-order valence-corrected chi connectivity index (χ2v) is 13.1. The van der Waals surface area contributed by atoms with Gasteiger partial charge < -0.3 is 24.7 Å². The van der Waals surface area contributed by atoms with Crippen LogP contribution >= 0.6 is 0 Å². The lowest BCUT2D eigenvalue weighted by Gasteiger charge is -2.27. The standard InChI is InChI=1S/C32H29F3N4O5S/c1-16(32(40)41)13-18-5-4-6-21(26(18)35)28-31-38-27(17(2)39(31)12-11-37-28)22-14-19(7-8-23(22)33)44-29-24(34)15-25-20(9-10-36-25)30(29)45(3,42)43/h4-10,14-16,28,36-37H,11-13H2,1-3H3,(H,40,41).